The predicted molar refractivity (Wildman–Crippen MR) is 203 cm³/mol. The van der Waals surface area contributed by atoms with Crippen molar-refractivity contribution < 1.29 is 27.6 Å². The molecule has 4 aromatic rings. The minimum absolute atomic E-state index is 0. The number of hydrogen-bond donors (Lipinski definition) is 6. The third-order valence-electron chi connectivity index (χ3n) is 10.2. The number of carbonyl (C=O) groups is 3. The number of carbonyl (C=O) groups excluding carboxylic acids is 3. The summed E-state index contributed by atoms with van der Waals surface area (Å²) in [5.41, 5.74) is 10.9. The highest BCUT2D eigenvalue weighted by Crippen LogP contribution is 2.30. The lowest BCUT2D eigenvalue weighted by molar-refractivity contribution is -0.144. The third-order valence-corrected chi connectivity index (χ3v) is 10.2. The van der Waals surface area contributed by atoms with Crippen LogP contribution in [-0.2, 0) is 22.2 Å². The van der Waals surface area contributed by atoms with Crippen LogP contribution >= 0.6 is 12.4 Å². The highest BCUT2D eigenvalue weighted by molar-refractivity contribution is 5.98. The van der Waals surface area contributed by atoms with Gasteiger partial charge in [0.15, 0.2) is 5.82 Å². The normalized spacial score (nSPS) is 18.2. The zero-order chi connectivity index (χ0) is 37.5. The lowest BCUT2D eigenvalue weighted by Crippen LogP contribution is -2.48. The van der Waals surface area contributed by atoms with Gasteiger partial charge in [-0.2, -0.15) is 18.3 Å². The van der Waals surface area contributed by atoms with E-state index in [-0.39, 0.29) is 48.4 Å². The average Bonchev–Trinajstić information content (AvgIpc) is 3.67. The Bertz CT molecular complexity index is 1890. The number of rotatable bonds is 11. The molecule has 15 heteroatoms. The molecule has 7 N–H and O–H groups in total. The van der Waals surface area contributed by atoms with E-state index in [1.807, 2.05) is 54.5 Å². The van der Waals surface area contributed by atoms with E-state index in [0.717, 1.165) is 61.0 Å². The van der Waals surface area contributed by atoms with Crippen LogP contribution in [-0.4, -0.2) is 64.6 Å². The van der Waals surface area contributed by atoms with Gasteiger partial charge in [0.2, 0.25) is 17.6 Å². The van der Waals surface area contributed by atoms with E-state index in [1.54, 1.807) is 12.1 Å². The first-order valence-corrected chi connectivity index (χ1v) is 18.1. The number of aromatic nitrogens is 3. The van der Waals surface area contributed by atoms with Crippen LogP contribution in [0.4, 0.5) is 18.9 Å². The van der Waals surface area contributed by atoms with Crippen LogP contribution < -0.4 is 27.0 Å². The molecular formula is C39H46ClF3N8O3. The second kappa shape index (κ2) is 18.0. The van der Waals surface area contributed by atoms with Gasteiger partial charge < -0.3 is 27.0 Å². The number of aryl methyl sites for hydroxylation is 1. The number of amides is 3. The topological polar surface area (TPSA) is 167 Å². The van der Waals surface area contributed by atoms with Crippen molar-refractivity contribution in [3.8, 4) is 22.5 Å². The Morgan fingerprint density at radius 3 is 2.19 bits per heavy atom. The summed E-state index contributed by atoms with van der Waals surface area (Å²) in [4.78, 5) is 43.6. The summed E-state index contributed by atoms with van der Waals surface area (Å²) in [5, 5.41) is 17.8. The van der Waals surface area contributed by atoms with Crippen LogP contribution in [0.1, 0.15) is 65.8 Å². The second-order valence-electron chi connectivity index (χ2n) is 14.0. The summed E-state index contributed by atoms with van der Waals surface area (Å²) in [6.45, 7) is 4.35. The van der Waals surface area contributed by atoms with Crippen molar-refractivity contribution in [3.63, 3.8) is 0 Å². The van der Waals surface area contributed by atoms with Gasteiger partial charge in [-0.15, -0.1) is 12.4 Å². The van der Waals surface area contributed by atoms with E-state index in [1.165, 1.54) is 12.1 Å². The molecule has 0 spiro atoms. The molecule has 288 valence electrons. The van der Waals surface area contributed by atoms with E-state index in [2.05, 4.69) is 31.3 Å². The minimum Gasteiger partial charge on any atom is -0.349 e. The van der Waals surface area contributed by atoms with Gasteiger partial charge in [-0.25, -0.2) is 4.98 Å². The van der Waals surface area contributed by atoms with Gasteiger partial charge in [0, 0.05) is 35.2 Å². The average molecular weight is 767 g/mol. The zero-order valence-electron chi connectivity index (χ0n) is 30.0. The maximum Gasteiger partial charge on any atom is 0.451 e. The summed E-state index contributed by atoms with van der Waals surface area (Å²) < 4.78 is 38.9. The Balaban J connectivity index is 0.00000561. The summed E-state index contributed by atoms with van der Waals surface area (Å²) in [6, 6.07) is 18.8. The lowest BCUT2D eigenvalue weighted by Gasteiger charge is -2.28. The Kier molecular flexibility index (Phi) is 13.5. The van der Waals surface area contributed by atoms with Crippen molar-refractivity contribution in [1.82, 2.24) is 31.1 Å². The standard InChI is InChI=1S/C39H45F3N8O3.ClH/c1-23-20-29(36(52)45-31-16-18-44-19-17-31)12-15-32(23)26-6-2-24(3-7-26)21-33(47-35(51)28-8-4-25(22-43)5-9-28)37(53)46-30-13-10-27(11-14-30)34-48-38(50-49-34)39(40,41)42;/h2-3,6-7,10-15,20,25,28,31,33,44H,4-5,8-9,16-19,21-22,43H2,1H3,(H,45,52)(H,46,53)(H,47,51)(H,48,49,50);1H/t25?,28?,33-;/m0./s1. The fraction of sp³-hybridized carbons (Fsp3) is 0.410. The number of benzene rings is 3. The highest BCUT2D eigenvalue weighted by atomic mass is 35.5. The van der Waals surface area contributed by atoms with Gasteiger partial charge in [0.1, 0.15) is 6.04 Å². The number of hydrogen-bond acceptors (Lipinski definition) is 7. The smallest absolute Gasteiger partial charge is 0.349 e. The first kappa shape index (κ1) is 40.4. The Morgan fingerprint density at radius 2 is 1.57 bits per heavy atom. The molecule has 1 aliphatic carbocycles. The number of alkyl halides is 3. The fourth-order valence-corrected chi connectivity index (χ4v) is 7.03. The van der Waals surface area contributed by atoms with Gasteiger partial charge >= 0.3 is 6.18 Å². The van der Waals surface area contributed by atoms with E-state index < -0.39 is 23.9 Å². The maximum absolute atomic E-state index is 13.7. The minimum atomic E-state index is -4.65. The monoisotopic (exact) mass is 766 g/mol. The second-order valence-corrected chi connectivity index (χ2v) is 14.0. The molecule has 6 rings (SSSR count). The van der Waals surface area contributed by atoms with E-state index >= 15 is 0 Å². The first-order chi connectivity index (χ1) is 25.5. The molecule has 1 saturated heterocycles. The summed E-state index contributed by atoms with van der Waals surface area (Å²) in [6.07, 6.45) is 0.508. The lowest BCUT2D eigenvalue weighted by atomic mass is 9.81. The van der Waals surface area contributed by atoms with Crippen molar-refractivity contribution >= 4 is 35.8 Å². The van der Waals surface area contributed by atoms with Crippen LogP contribution in [0.2, 0.25) is 0 Å². The molecule has 3 amide bonds. The van der Waals surface area contributed by atoms with E-state index in [9.17, 15) is 27.6 Å². The molecule has 0 unspecified atom stereocenters. The molecule has 1 aromatic heterocycles. The molecular weight excluding hydrogens is 721 g/mol. The predicted octanol–water partition coefficient (Wildman–Crippen LogP) is 5.80. The molecule has 1 saturated carbocycles. The van der Waals surface area contributed by atoms with Crippen LogP contribution in [0, 0.1) is 18.8 Å². The molecule has 3 aromatic carbocycles. The van der Waals surface area contributed by atoms with Crippen molar-refractivity contribution in [2.45, 2.75) is 70.1 Å². The number of piperidine rings is 1. The summed E-state index contributed by atoms with van der Waals surface area (Å²) in [5.74, 6) is -1.84. The number of aromatic amines is 1. The quantitative estimate of drug-likeness (QED) is 0.112. The van der Waals surface area contributed by atoms with Gasteiger partial charge in [-0.1, -0.05) is 30.3 Å². The molecule has 11 nitrogen and oxygen atoms in total. The molecule has 0 bridgehead atoms. The largest absolute Gasteiger partial charge is 0.451 e. The fourth-order valence-electron chi connectivity index (χ4n) is 7.03. The van der Waals surface area contributed by atoms with Crippen LogP contribution in [0.15, 0.2) is 66.7 Å². The first-order valence-electron chi connectivity index (χ1n) is 18.1. The van der Waals surface area contributed by atoms with Crippen molar-refractivity contribution in [2.75, 3.05) is 25.0 Å². The van der Waals surface area contributed by atoms with E-state index in [0.29, 0.717) is 42.1 Å². The van der Waals surface area contributed by atoms with Gasteiger partial charge in [-0.05, 0) is 130 Å². The summed E-state index contributed by atoms with van der Waals surface area (Å²) >= 11 is 0. The number of nitrogens with two attached hydrogens (primary N) is 1. The van der Waals surface area contributed by atoms with E-state index in [4.69, 9.17) is 5.73 Å². The SMILES string of the molecule is Cc1cc(C(=O)NC2CCNCC2)ccc1-c1ccc(C[C@H](NC(=O)C2CCC(CN)CC2)C(=O)Nc2ccc(-c3n[nH]c(C(F)(F)F)n3)cc2)cc1.Cl. The van der Waals surface area contributed by atoms with Crippen LogP contribution in [0.25, 0.3) is 22.5 Å². The van der Waals surface area contributed by atoms with Gasteiger partial charge in [0.05, 0.1) is 0 Å². The Labute approximate surface area is 318 Å². The molecule has 2 heterocycles. The molecule has 54 heavy (non-hydrogen) atoms. The number of halogens is 4. The maximum atomic E-state index is 13.7. The molecule has 0 radical (unpaired) electrons. The number of nitrogens with one attached hydrogen (secondary N) is 5. The summed E-state index contributed by atoms with van der Waals surface area (Å²) in [7, 11) is 0. The zero-order valence-corrected chi connectivity index (χ0v) is 30.8. The van der Waals surface area contributed by atoms with Crippen molar-refractivity contribution in [1.29, 1.82) is 0 Å². The van der Waals surface area contributed by atoms with Gasteiger partial charge in [-0.3, -0.25) is 19.5 Å². The van der Waals surface area contributed by atoms with Crippen LogP contribution in [0.3, 0.4) is 0 Å². The number of nitrogens with zero attached hydrogens (tertiary/aromatic N) is 2. The molecule has 1 atom stereocenters. The van der Waals surface area contributed by atoms with Crippen molar-refractivity contribution in [3.05, 3.63) is 89.2 Å². The molecule has 2 aliphatic rings. The molecule has 1 aliphatic heterocycles. The third kappa shape index (κ3) is 10.2. The number of H-pyrrole nitrogens is 1. The number of anilines is 1. The molecule has 2 fully saturated rings. The highest BCUT2D eigenvalue weighted by Gasteiger charge is 2.35. The van der Waals surface area contributed by atoms with Crippen molar-refractivity contribution in [2.24, 2.45) is 17.6 Å². The Hall–Kier alpha value is -4.79. The van der Waals surface area contributed by atoms with Crippen LogP contribution in [0.5, 0.6) is 0 Å². The Morgan fingerprint density at radius 1 is 0.907 bits per heavy atom. The van der Waals surface area contributed by atoms with Gasteiger partial charge in [0.25, 0.3) is 5.91 Å².